The molecule has 2 heterocycles. The number of nitrogens with zero attached hydrogens (tertiary/aromatic N) is 4. The molecule has 2 aromatic rings. The van der Waals surface area contributed by atoms with Crippen LogP contribution in [0.2, 0.25) is 0 Å². The molecule has 1 N–H and O–H groups in total. The van der Waals surface area contributed by atoms with Crippen molar-refractivity contribution in [2.75, 3.05) is 6.54 Å². The van der Waals surface area contributed by atoms with Gasteiger partial charge in [0.2, 0.25) is 0 Å². The van der Waals surface area contributed by atoms with E-state index in [-0.39, 0.29) is 11.4 Å². The van der Waals surface area contributed by atoms with Crippen molar-refractivity contribution in [3.05, 3.63) is 36.4 Å². The molecule has 0 aromatic carbocycles. The van der Waals surface area contributed by atoms with Gasteiger partial charge in [0.15, 0.2) is 0 Å². The van der Waals surface area contributed by atoms with Gasteiger partial charge in [-0.2, -0.15) is 10.2 Å². The van der Waals surface area contributed by atoms with Crippen LogP contribution in [-0.4, -0.2) is 32.0 Å². The maximum atomic E-state index is 11.9. The quantitative estimate of drug-likeness (QED) is 0.868. The van der Waals surface area contributed by atoms with Crippen molar-refractivity contribution in [1.29, 1.82) is 0 Å². The van der Waals surface area contributed by atoms with E-state index in [1.165, 1.54) is 0 Å². The number of hydrogen-bond donors (Lipinski definition) is 1. The molecular formula is C12H17N5O. The van der Waals surface area contributed by atoms with E-state index < -0.39 is 0 Å². The largest absolute Gasteiger partial charge is 0.348 e. The molecule has 96 valence electrons. The maximum absolute atomic E-state index is 11.9. The number of nitrogens with one attached hydrogen (secondary N) is 1. The van der Waals surface area contributed by atoms with Crippen LogP contribution >= 0.6 is 0 Å². The lowest BCUT2D eigenvalue weighted by Crippen LogP contribution is -2.41. The van der Waals surface area contributed by atoms with Crippen molar-refractivity contribution < 1.29 is 4.79 Å². The fraction of sp³-hybridized carbons (Fsp3) is 0.417. The van der Waals surface area contributed by atoms with Crippen LogP contribution in [0.3, 0.4) is 0 Å². The highest BCUT2D eigenvalue weighted by Crippen LogP contribution is 2.11. The van der Waals surface area contributed by atoms with Gasteiger partial charge in [0.1, 0.15) is 5.69 Å². The topological polar surface area (TPSA) is 64.7 Å². The molecule has 0 saturated heterocycles. The molecular weight excluding hydrogens is 230 g/mol. The van der Waals surface area contributed by atoms with E-state index in [2.05, 4.69) is 15.5 Å². The molecule has 0 aliphatic heterocycles. The van der Waals surface area contributed by atoms with E-state index in [4.69, 9.17) is 0 Å². The first kappa shape index (κ1) is 12.3. The van der Waals surface area contributed by atoms with Crippen molar-refractivity contribution in [3.63, 3.8) is 0 Å². The van der Waals surface area contributed by atoms with E-state index >= 15 is 0 Å². The fourth-order valence-electron chi connectivity index (χ4n) is 1.63. The fourth-order valence-corrected chi connectivity index (χ4v) is 1.63. The highest BCUT2D eigenvalue weighted by atomic mass is 16.1. The van der Waals surface area contributed by atoms with E-state index in [1.54, 1.807) is 30.2 Å². The van der Waals surface area contributed by atoms with Crippen molar-refractivity contribution in [2.45, 2.75) is 19.4 Å². The molecule has 0 fully saturated rings. The summed E-state index contributed by atoms with van der Waals surface area (Å²) in [5.74, 6) is -0.171. The van der Waals surface area contributed by atoms with Gasteiger partial charge >= 0.3 is 0 Å². The minimum atomic E-state index is -0.270. The lowest BCUT2D eigenvalue weighted by molar-refractivity contribution is 0.0930. The number of rotatable bonds is 4. The standard InChI is InChI=1S/C12H17N5O/c1-12(2,17-7-4-6-14-17)9-13-11(18)10-5-8-16(3)15-10/h4-8H,9H2,1-3H3,(H,13,18). The molecule has 0 spiro atoms. The van der Waals surface area contributed by atoms with Crippen LogP contribution in [0.5, 0.6) is 0 Å². The van der Waals surface area contributed by atoms with Crippen LogP contribution in [0, 0.1) is 0 Å². The monoisotopic (exact) mass is 247 g/mol. The summed E-state index contributed by atoms with van der Waals surface area (Å²) >= 11 is 0. The Hall–Kier alpha value is -2.11. The van der Waals surface area contributed by atoms with Gasteiger partial charge < -0.3 is 5.32 Å². The first-order chi connectivity index (χ1) is 8.49. The van der Waals surface area contributed by atoms with Gasteiger partial charge in [-0.15, -0.1) is 0 Å². The summed E-state index contributed by atoms with van der Waals surface area (Å²) in [5.41, 5.74) is 0.155. The first-order valence-corrected chi connectivity index (χ1v) is 5.77. The minimum Gasteiger partial charge on any atom is -0.348 e. The maximum Gasteiger partial charge on any atom is 0.271 e. The Balaban J connectivity index is 1.98. The van der Waals surface area contributed by atoms with Gasteiger partial charge in [0.05, 0.1) is 5.54 Å². The van der Waals surface area contributed by atoms with Crippen LogP contribution < -0.4 is 5.32 Å². The van der Waals surface area contributed by atoms with Gasteiger partial charge in [-0.25, -0.2) is 0 Å². The number of aryl methyl sites for hydroxylation is 1. The number of carbonyl (C=O) groups is 1. The summed E-state index contributed by atoms with van der Waals surface area (Å²) in [7, 11) is 1.78. The molecule has 1 amide bonds. The predicted molar refractivity (Wildman–Crippen MR) is 67.1 cm³/mol. The summed E-state index contributed by atoms with van der Waals surface area (Å²) in [6.45, 7) is 4.52. The molecule has 0 radical (unpaired) electrons. The molecule has 6 heteroatoms. The Labute approximate surface area is 106 Å². The SMILES string of the molecule is Cn1ccc(C(=O)NCC(C)(C)n2cccn2)n1. The van der Waals surface area contributed by atoms with E-state index in [9.17, 15) is 4.79 Å². The second kappa shape index (κ2) is 4.64. The van der Waals surface area contributed by atoms with Gasteiger partial charge in [-0.05, 0) is 26.0 Å². The second-order valence-electron chi connectivity index (χ2n) is 4.82. The van der Waals surface area contributed by atoms with Crippen LogP contribution in [-0.2, 0) is 12.6 Å². The molecule has 0 bridgehead atoms. The van der Waals surface area contributed by atoms with E-state index in [0.717, 1.165) is 0 Å². The third kappa shape index (κ3) is 2.58. The molecule has 2 aromatic heterocycles. The average Bonchev–Trinajstić information content (AvgIpc) is 2.96. The molecule has 0 aliphatic carbocycles. The Kier molecular flexibility index (Phi) is 3.18. The molecule has 0 aliphatic rings. The lowest BCUT2D eigenvalue weighted by atomic mass is 10.1. The Bertz CT molecular complexity index is 526. The van der Waals surface area contributed by atoms with Crippen molar-refractivity contribution in [3.8, 4) is 0 Å². The molecule has 18 heavy (non-hydrogen) atoms. The zero-order valence-corrected chi connectivity index (χ0v) is 10.8. The van der Waals surface area contributed by atoms with Crippen LogP contribution in [0.15, 0.2) is 30.7 Å². The zero-order chi connectivity index (χ0) is 13.2. The Morgan fingerprint density at radius 2 is 2.22 bits per heavy atom. The summed E-state index contributed by atoms with van der Waals surface area (Å²) in [6.07, 6.45) is 5.35. The van der Waals surface area contributed by atoms with Gasteiger partial charge in [-0.3, -0.25) is 14.2 Å². The summed E-state index contributed by atoms with van der Waals surface area (Å²) in [6, 6.07) is 3.55. The van der Waals surface area contributed by atoms with E-state index in [1.807, 2.05) is 30.8 Å². The van der Waals surface area contributed by atoms with Crippen LogP contribution in [0.25, 0.3) is 0 Å². The molecule has 0 unspecified atom stereocenters. The van der Waals surface area contributed by atoms with Crippen molar-refractivity contribution in [2.24, 2.45) is 7.05 Å². The number of carbonyl (C=O) groups excluding carboxylic acids is 1. The Morgan fingerprint density at radius 1 is 1.44 bits per heavy atom. The number of amides is 1. The molecule has 6 nitrogen and oxygen atoms in total. The number of hydrogen-bond acceptors (Lipinski definition) is 3. The normalized spacial score (nSPS) is 11.5. The zero-order valence-electron chi connectivity index (χ0n) is 10.8. The smallest absolute Gasteiger partial charge is 0.271 e. The highest BCUT2D eigenvalue weighted by molar-refractivity contribution is 5.92. The molecule has 0 saturated carbocycles. The highest BCUT2D eigenvalue weighted by Gasteiger charge is 2.22. The summed E-state index contributed by atoms with van der Waals surface area (Å²) < 4.78 is 3.43. The first-order valence-electron chi connectivity index (χ1n) is 5.77. The van der Waals surface area contributed by atoms with Crippen LogP contribution in [0.1, 0.15) is 24.3 Å². The van der Waals surface area contributed by atoms with Gasteiger partial charge in [-0.1, -0.05) is 0 Å². The number of aromatic nitrogens is 4. The Morgan fingerprint density at radius 3 is 2.78 bits per heavy atom. The summed E-state index contributed by atoms with van der Waals surface area (Å²) in [4.78, 5) is 11.9. The van der Waals surface area contributed by atoms with E-state index in [0.29, 0.717) is 12.2 Å². The third-order valence-electron chi connectivity index (χ3n) is 2.75. The lowest BCUT2D eigenvalue weighted by Gasteiger charge is -2.25. The van der Waals surface area contributed by atoms with Crippen LogP contribution in [0.4, 0.5) is 0 Å². The minimum absolute atomic E-state index is 0.171. The van der Waals surface area contributed by atoms with Crippen molar-refractivity contribution >= 4 is 5.91 Å². The van der Waals surface area contributed by atoms with Gasteiger partial charge in [0.25, 0.3) is 5.91 Å². The van der Waals surface area contributed by atoms with Crippen molar-refractivity contribution in [1.82, 2.24) is 24.9 Å². The molecule has 0 atom stereocenters. The average molecular weight is 247 g/mol. The second-order valence-corrected chi connectivity index (χ2v) is 4.82. The third-order valence-corrected chi connectivity index (χ3v) is 2.75. The molecule has 2 rings (SSSR count). The van der Waals surface area contributed by atoms with Gasteiger partial charge in [0, 0.05) is 32.2 Å². The predicted octanol–water partition coefficient (Wildman–Crippen LogP) is 0.782. The summed E-state index contributed by atoms with van der Waals surface area (Å²) in [5, 5.41) is 11.1.